The van der Waals surface area contributed by atoms with Crippen LogP contribution in [0.5, 0.6) is 17.2 Å². The van der Waals surface area contributed by atoms with Crippen molar-refractivity contribution in [1.82, 2.24) is 4.90 Å². The zero-order valence-corrected chi connectivity index (χ0v) is 19.3. The number of ketones is 1. The maximum Gasteiger partial charge on any atom is 0.231 e. The Kier molecular flexibility index (Phi) is 6.71. The van der Waals surface area contributed by atoms with Gasteiger partial charge in [-0.05, 0) is 71.0 Å². The van der Waals surface area contributed by atoms with Crippen molar-refractivity contribution in [3.63, 3.8) is 0 Å². The number of ether oxygens (including phenoxy) is 3. The smallest absolute Gasteiger partial charge is 0.231 e. The Balaban J connectivity index is 1.47. The lowest BCUT2D eigenvalue weighted by Crippen LogP contribution is -2.35. The lowest BCUT2D eigenvalue weighted by Gasteiger charge is -2.36. The highest BCUT2D eigenvalue weighted by atomic mass is 16.7. The van der Waals surface area contributed by atoms with Gasteiger partial charge in [0.15, 0.2) is 11.5 Å². The molecule has 4 rings (SSSR count). The maximum absolute atomic E-state index is 13.3. The molecular formula is C26H35NO4. The second-order valence-corrected chi connectivity index (χ2v) is 9.29. The summed E-state index contributed by atoms with van der Waals surface area (Å²) >= 11 is 0. The molecule has 0 aromatic heterocycles. The SMILES string of the molecule is COc1c2c(cc3c1[C@@H](CC(=O)[C@H]1CC=C(CCC=C(C)C)CC1)N(C)CC3)OCO2. The van der Waals surface area contributed by atoms with Crippen LogP contribution in [0.4, 0.5) is 0 Å². The molecule has 31 heavy (non-hydrogen) atoms. The molecule has 2 aliphatic heterocycles. The predicted molar refractivity (Wildman–Crippen MR) is 122 cm³/mol. The average molecular weight is 426 g/mol. The van der Waals surface area contributed by atoms with Crippen molar-refractivity contribution in [3.8, 4) is 17.2 Å². The van der Waals surface area contributed by atoms with E-state index in [-0.39, 0.29) is 18.8 Å². The third-order valence-corrected chi connectivity index (χ3v) is 6.92. The van der Waals surface area contributed by atoms with Gasteiger partial charge in [-0.1, -0.05) is 23.3 Å². The van der Waals surface area contributed by atoms with Crippen LogP contribution in [0, 0.1) is 5.92 Å². The number of Topliss-reactive ketones (excluding diaryl/α,β-unsaturated/α-hetero) is 1. The quantitative estimate of drug-likeness (QED) is 0.549. The van der Waals surface area contributed by atoms with Gasteiger partial charge in [-0.2, -0.15) is 0 Å². The van der Waals surface area contributed by atoms with E-state index in [9.17, 15) is 4.79 Å². The number of fused-ring (bicyclic) bond motifs is 2. The van der Waals surface area contributed by atoms with Crippen molar-refractivity contribution < 1.29 is 19.0 Å². The van der Waals surface area contributed by atoms with Crippen molar-refractivity contribution in [3.05, 3.63) is 40.5 Å². The van der Waals surface area contributed by atoms with E-state index < -0.39 is 0 Å². The molecule has 0 amide bonds. The number of carbonyl (C=O) groups is 1. The predicted octanol–water partition coefficient (Wildman–Crippen LogP) is 5.39. The zero-order valence-electron chi connectivity index (χ0n) is 19.3. The summed E-state index contributed by atoms with van der Waals surface area (Å²) in [5.41, 5.74) is 5.19. The Bertz CT molecular complexity index is 897. The van der Waals surface area contributed by atoms with Crippen LogP contribution in [-0.2, 0) is 11.2 Å². The minimum atomic E-state index is 0.0174. The highest BCUT2D eigenvalue weighted by Crippen LogP contribution is 2.50. The first-order valence-corrected chi connectivity index (χ1v) is 11.5. The number of benzene rings is 1. The lowest BCUT2D eigenvalue weighted by atomic mass is 9.81. The lowest BCUT2D eigenvalue weighted by molar-refractivity contribution is -0.124. The van der Waals surface area contributed by atoms with E-state index in [0.717, 1.165) is 62.1 Å². The molecule has 0 bridgehead atoms. The molecular weight excluding hydrogens is 390 g/mol. The number of carbonyl (C=O) groups excluding carboxylic acids is 1. The van der Waals surface area contributed by atoms with Gasteiger partial charge in [0.1, 0.15) is 5.78 Å². The monoisotopic (exact) mass is 425 g/mol. The van der Waals surface area contributed by atoms with Crippen LogP contribution in [0.2, 0.25) is 0 Å². The van der Waals surface area contributed by atoms with Crippen molar-refractivity contribution >= 4 is 5.78 Å². The number of allylic oxidation sites excluding steroid dienone is 4. The van der Waals surface area contributed by atoms with Gasteiger partial charge in [-0.15, -0.1) is 0 Å². The van der Waals surface area contributed by atoms with Gasteiger partial charge in [0.2, 0.25) is 12.5 Å². The van der Waals surface area contributed by atoms with Gasteiger partial charge in [-0.25, -0.2) is 0 Å². The second kappa shape index (κ2) is 9.47. The van der Waals surface area contributed by atoms with Crippen LogP contribution in [0.25, 0.3) is 0 Å². The zero-order chi connectivity index (χ0) is 22.0. The van der Waals surface area contributed by atoms with Crippen LogP contribution in [0.1, 0.15) is 69.5 Å². The van der Waals surface area contributed by atoms with Gasteiger partial charge in [0, 0.05) is 30.5 Å². The van der Waals surface area contributed by atoms with E-state index in [4.69, 9.17) is 14.2 Å². The molecule has 0 saturated heterocycles. The van der Waals surface area contributed by atoms with E-state index in [0.29, 0.717) is 18.0 Å². The van der Waals surface area contributed by atoms with Crippen LogP contribution in [-0.4, -0.2) is 38.2 Å². The Morgan fingerprint density at radius 3 is 2.84 bits per heavy atom. The van der Waals surface area contributed by atoms with E-state index in [2.05, 4.69) is 44.0 Å². The molecule has 0 radical (unpaired) electrons. The molecule has 5 heteroatoms. The number of rotatable bonds is 7. The summed E-state index contributed by atoms with van der Waals surface area (Å²) < 4.78 is 17.1. The molecule has 0 saturated carbocycles. The van der Waals surface area contributed by atoms with E-state index >= 15 is 0 Å². The molecule has 0 fully saturated rings. The topological polar surface area (TPSA) is 48.0 Å². The minimum Gasteiger partial charge on any atom is -0.492 e. The Morgan fingerprint density at radius 1 is 1.29 bits per heavy atom. The van der Waals surface area contributed by atoms with E-state index in [1.54, 1.807) is 7.11 Å². The summed E-state index contributed by atoms with van der Waals surface area (Å²) in [4.78, 5) is 15.6. The summed E-state index contributed by atoms with van der Waals surface area (Å²) in [5, 5.41) is 0. The second-order valence-electron chi connectivity index (χ2n) is 9.29. The van der Waals surface area contributed by atoms with E-state index in [1.165, 1.54) is 16.7 Å². The third-order valence-electron chi connectivity index (χ3n) is 6.92. The third kappa shape index (κ3) is 4.67. The number of nitrogens with zero attached hydrogens (tertiary/aromatic N) is 1. The van der Waals surface area contributed by atoms with Gasteiger partial charge in [0.25, 0.3) is 0 Å². The maximum atomic E-state index is 13.3. The first-order chi connectivity index (χ1) is 15.0. The van der Waals surface area contributed by atoms with Crippen molar-refractivity contribution in [2.75, 3.05) is 27.5 Å². The van der Waals surface area contributed by atoms with Crippen LogP contribution < -0.4 is 14.2 Å². The molecule has 1 aliphatic carbocycles. The summed E-state index contributed by atoms with van der Waals surface area (Å²) in [6.07, 6.45) is 11.2. The van der Waals surface area contributed by atoms with Crippen molar-refractivity contribution in [1.29, 1.82) is 0 Å². The molecule has 2 heterocycles. The van der Waals surface area contributed by atoms with Gasteiger partial charge >= 0.3 is 0 Å². The van der Waals surface area contributed by atoms with Gasteiger partial charge in [-0.3, -0.25) is 9.69 Å². The molecule has 1 aromatic rings. The molecule has 0 spiro atoms. The van der Waals surface area contributed by atoms with Crippen LogP contribution in [0.3, 0.4) is 0 Å². The van der Waals surface area contributed by atoms with Crippen LogP contribution >= 0.6 is 0 Å². The highest BCUT2D eigenvalue weighted by Gasteiger charge is 2.36. The van der Waals surface area contributed by atoms with Crippen molar-refractivity contribution in [2.45, 2.75) is 64.8 Å². The molecule has 2 atom stereocenters. The average Bonchev–Trinajstić information content (AvgIpc) is 3.22. The molecule has 168 valence electrons. The summed E-state index contributed by atoms with van der Waals surface area (Å²) in [5.74, 6) is 2.66. The normalized spacial score (nSPS) is 22.5. The molecule has 0 N–H and O–H groups in total. The summed E-state index contributed by atoms with van der Waals surface area (Å²) in [6.45, 7) is 5.44. The van der Waals surface area contributed by atoms with Crippen molar-refractivity contribution in [2.24, 2.45) is 5.92 Å². The fourth-order valence-electron chi connectivity index (χ4n) is 5.09. The van der Waals surface area contributed by atoms with Gasteiger partial charge in [0.05, 0.1) is 7.11 Å². The van der Waals surface area contributed by atoms with Gasteiger partial charge < -0.3 is 14.2 Å². The number of likely N-dealkylation sites (N-methyl/N-ethyl adjacent to an activating group) is 1. The fraction of sp³-hybridized carbons (Fsp3) is 0.577. The van der Waals surface area contributed by atoms with E-state index in [1.807, 2.05) is 0 Å². The Morgan fingerprint density at radius 2 is 2.13 bits per heavy atom. The standard InChI is InChI=1S/C26H35NO4/c1-17(2)6-5-7-18-8-10-19(11-9-18)22(28)15-21-24-20(12-13-27(21)3)14-23-25(26(24)29-4)31-16-30-23/h6,8,14,19,21H,5,7,9-13,15-16H2,1-4H3/t19-,21+/m0/s1. The van der Waals surface area contributed by atoms with Crippen LogP contribution in [0.15, 0.2) is 29.4 Å². The first kappa shape index (κ1) is 21.9. The molecule has 0 unspecified atom stereocenters. The minimum absolute atomic E-state index is 0.0174. The molecule has 3 aliphatic rings. The number of hydrogen-bond acceptors (Lipinski definition) is 5. The highest BCUT2D eigenvalue weighted by molar-refractivity contribution is 5.82. The number of methoxy groups -OCH3 is 1. The first-order valence-electron chi connectivity index (χ1n) is 11.5. The Labute approximate surface area is 186 Å². The fourth-order valence-corrected chi connectivity index (χ4v) is 5.09. The molecule has 5 nitrogen and oxygen atoms in total. The number of hydrogen-bond donors (Lipinski definition) is 0. The Hall–Kier alpha value is -2.27. The summed E-state index contributed by atoms with van der Waals surface area (Å²) in [6, 6.07) is 2.09. The summed E-state index contributed by atoms with van der Waals surface area (Å²) in [7, 11) is 3.78. The molecule has 1 aromatic carbocycles. The largest absolute Gasteiger partial charge is 0.492 e.